The highest BCUT2D eigenvalue weighted by atomic mass is 35.5. The fourth-order valence-electron chi connectivity index (χ4n) is 2.66. The van der Waals surface area contributed by atoms with Crippen LogP contribution in [0, 0.1) is 5.92 Å². The molecule has 1 fully saturated rings. The predicted octanol–water partition coefficient (Wildman–Crippen LogP) is 1.94. The van der Waals surface area contributed by atoms with E-state index in [9.17, 15) is 5.11 Å². The first kappa shape index (κ1) is 14.1. The quantitative estimate of drug-likeness (QED) is 0.740. The zero-order valence-electron chi connectivity index (χ0n) is 11.3. The van der Waals surface area contributed by atoms with E-state index < -0.39 is 0 Å². The second kappa shape index (κ2) is 5.87. The van der Waals surface area contributed by atoms with E-state index in [0.717, 1.165) is 19.3 Å². The van der Waals surface area contributed by atoms with Gasteiger partial charge < -0.3 is 20.6 Å². The van der Waals surface area contributed by atoms with Crippen LogP contribution in [-0.2, 0) is 0 Å². The number of nitrogen functional groups attached to an aromatic ring is 1. The molecular formula is C13H16ClN5O2. The lowest BCUT2D eigenvalue weighted by atomic mass is 10.1. The van der Waals surface area contributed by atoms with Crippen LogP contribution in [0.4, 0.5) is 11.8 Å². The van der Waals surface area contributed by atoms with Crippen LogP contribution in [0.2, 0.25) is 5.15 Å². The number of aromatic nitrogens is 3. The molecule has 0 aromatic carbocycles. The van der Waals surface area contributed by atoms with Crippen molar-refractivity contribution < 1.29 is 9.52 Å². The van der Waals surface area contributed by atoms with E-state index in [0.29, 0.717) is 23.2 Å². The number of nitrogens with zero attached hydrogens (tertiary/aromatic N) is 3. The average molecular weight is 310 g/mol. The molecule has 0 amide bonds. The summed E-state index contributed by atoms with van der Waals surface area (Å²) >= 11 is 6.16. The first-order chi connectivity index (χ1) is 10.2. The third-order valence-corrected chi connectivity index (χ3v) is 3.94. The van der Waals surface area contributed by atoms with E-state index in [1.165, 1.54) is 12.5 Å². The number of hydrogen-bond donors (Lipinski definition) is 3. The molecule has 0 aliphatic heterocycles. The lowest BCUT2D eigenvalue weighted by Gasteiger charge is -2.16. The van der Waals surface area contributed by atoms with Crippen LogP contribution in [0.25, 0.3) is 11.5 Å². The van der Waals surface area contributed by atoms with Crippen molar-refractivity contribution >= 4 is 23.4 Å². The summed E-state index contributed by atoms with van der Waals surface area (Å²) < 4.78 is 5.29. The van der Waals surface area contributed by atoms with Gasteiger partial charge in [-0.2, -0.15) is 4.98 Å². The lowest BCUT2D eigenvalue weighted by Crippen LogP contribution is -2.18. The average Bonchev–Trinajstić information content (AvgIpc) is 3.09. The number of rotatable bonds is 4. The Bertz CT molecular complexity index is 619. The number of oxazole rings is 1. The van der Waals surface area contributed by atoms with Gasteiger partial charge in [-0.15, -0.1) is 0 Å². The third-order valence-electron chi connectivity index (χ3n) is 3.67. The molecule has 0 spiro atoms. The van der Waals surface area contributed by atoms with Gasteiger partial charge >= 0.3 is 0 Å². The lowest BCUT2D eigenvalue weighted by molar-refractivity contribution is 0.229. The smallest absolute Gasteiger partial charge is 0.232 e. The summed E-state index contributed by atoms with van der Waals surface area (Å²) in [6.45, 7) is 0.206. The molecule has 2 atom stereocenters. The van der Waals surface area contributed by atoms with Gasteiger partial charge in [0.2, 0.25) is 11.8 Å². The first-order valence-corrected chi connectivity index (χ1v) is 7.15. The molecule has 3 rings (SSSR count). The Morgan fingerprint density at radius 1 is 1.43 bits per heavy atom. The van der Waals surface area contributed by atoms with Crippen molar-refractivity contribution in [3.63, 3.8) is 0 Å². The molecule has 0 unspecified atom stereocenters. The summed E-state index contributed by atoms with van der Waals surface area (Å²) in [5, 5.41) is 12.7. The van der Waals surface area contributed by atoms with E-state index in [-0.39, 0.29) is 23.8 Å². The number of anilines is 2. The zero-order valence-corrected chi connectivity index (χ0v) is 12.0. The standard InChI is InChI=1S/C13H16ClN5O2/c14-10-9(12-16-3-4-21-12)11(19-13(15)18-10)17-8-2-1-7(5-8)6-20/h3-4,7-8,20H,1-2,5-6H2,(H3,15,17,18,19)/t7-,8+/m1/s1. The Morgan fingerprint density at radius 3 is 2.95 bits per heavy atom. The second-order valence-electron chi connectivity index (χ2n) is 5.14. The van der Waals surface area contributed by atoms with E-state index in [2.05, 4.69) is 20.3 Å². The highest BCUT2D eigenvalue weighted by Gasteiger charge is 2.26. The summed E-state index contributed by atoms with van der Waals surface area (Å²) in [5.74, 6) is 1.27. The number of nitrogens with one attached hydrogen (secondary N) is 1. The summed E-state index contributed by atoms with van der Waals surface area (Å²) in [6, 6.07) is 0.209. The van der Waals surface area contributed by atoms with Gasteiger partial charge in [-0.25, -0.2) is 9.97 Å². The molecule has 7 nitrogen and oxygen atoms in total. The Labute approximate surface area is 126 Å². The molecule has 2 aromatic heterocycles. The van der Waals surface area contributed by atoms with Crippen molar-refractivity contribution in [3.8, 4) is 11.5 Å². The minimum atomic E-state index is 0.0921. The van der Waals surface area contributed by atoms with Crippen LogP contribution in [0.5, 0.6) is 0 Å². The Kier molecular flexibility index (Phi) is 3.94. The zero-order chi connectivity index (χ0) is 14.8. The van der Waals surface area contributed by atoms with Gasteiger partial charge in [-0.05, 0) is 25.2 Å². The molecular weight excluding hydrogens is 294 g/mol. The van der Waals surface area contributed by atoms with Gasteiger partial charge in [0.15, 0.2) is 0 Å². The molecule has 112 valence electrons. The fourth-order valence-corrected chi connectivity index (χ4v) is 2.91. The molecule has 21 heavy (non-hydrogen) atoms. The van der Waals surface area contributed by atoms with Crippen LogP contribution in [0.15, 0.2) is 16.9 Å². The number of aliphatic hydroxyl groups is 1. The molecule has 2 aromatic rings. The molecule has 8 heteroatoms. The van der Waals surface area contributed by atoms with Crippen LogP contribution in [0.3, 0.4) is 0 Å². The highest BCUT2D eigenvalue weighted by Crippen LogP contribution is 2.35. The monoisotopic (exact) mass is 309 g/mol. The third kappa shape index (κ3) is 2.93. The van der Waals surface area contributed by atoms with Crippen LogP contribution < -0.4 is 11.1 Å². The van der Waals surface area contributed by atoms with E-state index >= 15 is 0 Å². The Hall–Kier alpha value is -1.86. The molecule has 1 saturated carbocycles. The van der Waals surface area contributed by atoms with E-state index in [1.54, 1.807) is 0 Å². The summed E-state index contributed by atoms with van der Waals surface area (Å²) in [4.78, 5) is 12.3. The Morgan fingerprint density at radius 2 is 2.29 bits per heavy atom. The first-order valence-electron chi connectivity index (χ1n) is 6.77. The SMILES string of the molecule is Nc1nc(Cl)c(-c2ncco2)c(N[C@H]2CC[C@@H](CO)C2)n1. The summed E-state index contributed by atoms with van der Waals surface area (Å²) in [6.07, 6.45) is 5.81. The van der Waals surface area contributed by atoms with Crippen molar-refractivity contribution in [1.82, 2.24) is 15.0 Å². The predicted molar refractivity (Wildman–Crippen MR) is 78.8 cm³/mol. The molecule has 1 aliphatic carbocycles. The van der Waals surface area contributed by atoms with Crippen molar-refractivity contribution in [1.29, 1.82) is 0 Å². The van der Waals surface area contributed by atoms with Crippen molar-refractivity contribution in [2.75, 3.05) is 17.7 Å². The molecule has 0 saturated heterocycles. The van der Waals surface area contributed by atoms with Gasteiger partial charge in [0.25, 0.3) is 0 Å². The van der Waals surface area contributed by atoms with Crippen LogP contribution in [0.1, 0.15) is 19.3 Å². The topological polar surface area (TPSA) is 110 Å². The summed E-state index contributed by atoms with van der Waals surface area (Å²) in [7, 11) is 0. The molecule has 4 N–H and O–H groups in total. The number of aliphatic hydroxyl groups excluding tert-OH is 1. The normalized spacial score (nSPS) is 21.6. The van der Waals surface area contributed by atoms with Crippen molar-refractivity contribution in [2.45, 2.75) is 25.3 Å². The van der Waals surface area contributed by atoms with Gasteiger partial charge in [-0.3, -0.25) is 0 Å². The van der Waals surface area contributed by atoms with Crippen LogP contribution >= 0.6 is 11.6 Å². The van der Waals surface area contributed by atoms with Crippen molar-refractivity contribution in [3.05, 3.63) is 17.6 Å². The molecule has 0 bridgehead atoms. The second-order valence-corrected chi connectivity index (χ2v) is 5.49. The molecule has 0 radical (unpaired) electrons. The maximum absolute atomic E-state index is 9.22. The molecule has 1 aliphatic rings. The largest absolute Gasteiger partial charge is 0.444 e. The van der Waals surface area contributed by atoms with Gasteiger partial charge in [0.05, 0.1) is 6.20 Å². The Balaban J connectivity index is 1.90. The molecule has 2 heterocycles. The van der Waals surface area contributed by atoms with Crippen LogP contribution in [-0.4, -0.2) is 32.7 Å². The van der Waals surface area contributed by atoms with Gasteiger partial charge in [0.1, 0.15) is 22.8 Å². The minimum absolute atomic E-state index is 0.0921. The summed E-state index contributed by atoms with van der Waals surface area (Å²) in [5.41, 5.74) is 6.17. The highest BCUT2D eigenvalue weighted by molar-refractivity contribution is 6.32. The minimum Gasteiger partial charge on any atom is -0.444 e. The maximum atomic E-state index is 9.22. The van der Waals surface area contributed by atoms with Crippen molar-refractivity contribution in [2.24, 2.45) is 5.92 Å². The van der Waals surface area contributed by atoms with E-state index in [4.69, 9.17) is 21.8 Å². The number of hydrogen-bond acceptors (Lipinski definition) is 7. The number of halogens is 1. The maximum Gasteiger partial charge on any atom is 0.232 e. The number of nitrogens with two attached hydrogens (primary N) is 1. The fraction of sp³-hybridized carbons (Fsp3) is 0.462. The van der Waals surface area contributed by atoms with E-state index in [1.807, 2.05) is 0 Å². The van der Waals surface area contributed by atoms with Gasteiger partial charge in [-0.1, -0.05) is 11.6 Å². The van der Waals surface area contributed by atoms with Gasteiger partial charge in [0, 0.05) is 12.6 Å².